The minimum Gasteiger partial charge on any atom is -0.496 e. The molecule has 0 bridgehead atoms. The molecule has 2 aromatic carbocycles. The average molecular weight is 376 g/mol. The van der Waals surface area contributed by atoms with Crippen LogP contribution in [0.3, 0.4) is 0 Å². The zero-order valence-electron chi connectivity index (χ0n) is 15.6. The first-order chi connectivity index (χ1) is 12.2. The molecule has 0 saturated carbocycles. The van der Waals surface area contributed by atoms with Gasteiger partial charge in [0.2, 0.25) is 0 Å². The second kappa shape index (κ2) is 9.96. The van der Waals surface area contributed by atoms with Crippen LogP contribution >= 0.6 is 12.4 Å². The highest BCUT2D eigenvalue weighted by molar-refractivity contribution is 5.85. The van der Waals surface area contributed by atoms with Crippen LogP contribution in [0.4, 0.5) is 0 Å². The molecule has 4 heteroatoms. The molecule has 1 aliphatic rings. The maximum atomic E-state index is 11.7. The van der Waals surface area contributed by atoms with E-state index in [1.54, 1.807) is 7.11 Å². The number of benzene rings is 2. The average Bonchev–Trinajstić information content (AvgIpc) is 2.69. The number of halogens is 1. The fourth-order valence-corrected chi connectivity index (χ4v) is 3.88. The number of piperidine rings is 1. The molecule has 3 rings (SSSR count). The van der Waals surface area contributed by atoms with Gasteiger partial charge in [0, 0.05) is 5.56 Å². The molecule has 26 heavy (non-hydrogen) atoms. The SMILES string of the molecule is COc1ccccc1C(O)(CCCN1CCCCC1)c1ccccc1.Cl. The molecule has 2 aromatic rings. The first-order valence-corrected chi connectivity index (χ1v) is 9.38. The van der Waals surface area contributed by atoms with Gasteiger partial charge in [0.25, 0.3) is 0 Å². The lowest BCUT2D eigenvalue weighted by atomic mass is 9.82. The van der Waals surface area contributed by atoms with Crippen molar-refractivity contribution in [1.29, 1.82) is 0 Å². The Labute approximate surface area is 163 Å². The molecule has 0 aromatic heterocycles. The summed E-state index contributed by atoms with van der Waals surface area (Å²) in [7, 11) is 1.66. The van der Waals surface area contributed by atoms with E-state index >= 15 is 0 Å². The number of likely N-dealkylation sites (tertiary alicyclic amines) is 1. The van der Waals surface area contributed by atoms with E-state index in [0.29, 0.717) is 6.42 Å². The van der Waals surface area contributed by atoms with E-state index in [4.69, 9.17) is 4.74 Å². The maximum Gasteiger partial charge on any atom is 0.125 e. The van der Waals surface area contributed by atoms with E-state index in [0.717, 1.165) is 29.8 Å². The first-order valence-electron chi connectivity index (χ1n) is 9.38. The Balaban J connectivity index is 0.00000243. The Morgan fingerprint density at radius 1 is 0.962 bits per heavy atom. The smallest absolute Gasteiger partial charge is 0.125 e. The fraction of sp³-hybridized carbons (Fsp3) is 0.455. The van der Waals surface area contributed by atoms with Gasteiger partial charge in [0.1, 0.15) is 11.4 Å². The van der Waals surface area contributed by atoms with Gasteiger partial charge in [-0.1, -0.05) is 55.0 Å². The Hall–Kier alpha value is -1.55. The molecule has 1 N–H and O–H groups in total. The summed E-state index contributed by atoms with van der Waals surface area (Å²) < 4.78 is 5.54. The highest BCUT2D eigenvalue weighted by atomic mass is 35.5. The summed E-state index contributed by atoms with van der Waals surface area (Å²) in [6.45, 7) is 3.43. The summed E-state index contributed by atoms with van der Waals surface area (Å²) in [5.41, 5.74) is 0.754. The minimum atomic E-state index is -1.02. The first kappa shape index (κ1) is 20.8. The molecule has 0 spiro atoms. The number of rotatable bonds is 7. The van der Waals surface area contributed by atoms with Crippen LogP contribution in [0.25, 0.3) is 0 Å². The molecule has 0 amide bonds. The lowest BCUT2D eigenvalue weighted by molar-refractivity contribution is 0.0612. The van der Waals surface area contributed by atoms with Crippen molar-refractivity contribution in [3.8, 4) is 5.75 Å². The van der Waals surface area contributed by atoms with Crippen molar-refractivity contribution in [3.05, 3.63) is 65.7 Å². The Kier molecular flexibility index (Phi) is 7.95. The number of aliphatic hydroxyl groups is 1. The van der Waals surface area contributed by atoms with Crippen LogP contribution < -0.4 is 4.74 Å². The van der Waals surface area contributed by atoms with Crippen LogP contribution in [0.2, 0.25) is 0 Å². The highest BCUT2D eigenvalue weighted by Crippen LogP contribution is 2.39. The van der Waals surface area contributed by atoms with Crippen molar-refractivity contribution in [1.82, 2.24) is 4.90 Å². The Morgan fingerprint density at radius 3 is 2.31 bits per heavy atom. The second-order valence-corrected chi connectivity index (χ2v) is 6.93. The lowest BCUT2D eigenvalue weighted by Crippen LogP contribution is -2.33. The number of methoxy groups -OCH3 is 1. The van der Waals surface area contributed by atoms with Gasteiger partial charge < -0.3 is 14.7 Å². The lowest BCUT2D eigenvalue weighted by Gasteiger charge is -2.32. The van der Waals surface area contributed by atoms with Crippen LogP contribution in [0.15, 0.2) is 54.6 Å². The van der Waals surface area contributed by atoms with Gasteiger partial charge in [-0.25, -0.2) is 0 Å². The van der Waals surface area contributed by atoms with Gasteiger partial charge in [-0.2, -0.15) is 0 Å². The standard InChI is InChI=1S/C22H29NO2.ClH/c1-25-21-14-7-6-13-20(21)22(24,19-11-4-2-5-12-19)15-10-18-23-16-8-3-9-17-23;/h2,4-7,11-14,24H,3,8-10,15-18H2,1H3;1H. The summed E-state index contributed by atoms with van der Waals surface area (Å²) in [4.78, 5) is 2.52. The molecule has 1 fully saturated rings. The van der Waals surface area contributed by atoms with E-state index in [-0.39, 0.29) is 12.4 Å². The molecule has 0 radical (unpaired) electrons. The summed E-state index contributed by atoms with van der Waals surface area (Å²) in [5.74, 6) is 0.742. The third-order valence-electron chi connectivity index (χ3n) is 5.27. The molecule has 3 nitrogen and oxygen atoms in total. The molecule has 0 aliphatic carbocycles. The van der Waals surface area contributed by atoms with Crippen LogP contribution in [0.1, 0.15) is 43.2 Å². The largest absolute Gasteiger partial charge is 0.496 e. The molecular weight excluding hydrogens is 346 g/mol. The molecular formula is C22H30ClNO2. The van der Waals surface area contributed by atoms with Gasteiger partial charge in [-0.3, -0.25) is 0 Å². The quantitative estimate of drug-likeness (QED) is 0.766. The van der Waals surface area contributed by atoms with Gasteiger partial charge >= 0.3 is 0 Å². The van der Waals surface area contributed by atoms with Crippen LogP contribution in [-0.2, 0) is 5.60 Å². The van der Waals surface area contributed by atoms with E-state index in [1.807, 2.05) is 54.6 Å². The van der Waals surface area contributed by atoms with E-state index in [1.165, 1.54) is 32.4 Å². The predicted molar refractivity (Wildman–Crippen MR) is 109 cm³/mol. The monoisotopic (exact) mass is 375 g/mol. The normalized spacial score (nSPS) is 17.2. The summed E-state index contributed by atoms with van der Waals surface area (Å²) in [5, 5.41) is 11.7. The van der Waals surface area contributed by atoms with Crippen molar-refractivity contribution in [2.24, 2.45) is 0 Å². The zero-order valence-corrected chi connectivity index (χ0v) is 16.4. The van der Waals surface area contributed by atoms with E-state index in [2.05, 4.69) is 4.90 Å². The van der Waals surface area contributed by atoms with Gasteiger partial charge in [-0.05, 0) is 56.9 Å². The molecule has 142 valence electrons. The van der Waals surface area contributed by atoms with Crippen molar-refractivity contribution < 1.29 is 9.84 Å². The van der Waals surface area contributed by atoms with Crippen molar-refractivity contribution >= 4 is 12.4 Å². The van der Waals surface area contributed by atoms with Crippen molar-refractivity contribution in [3.63, 3.8) is 0 Å². The molecule has 1 atom stereocenters. The number of ether oxygens (including phenoxy) is 1. The van der Waals surface area contributed by atoms with Gasteiger partial charge in [-0.15, -0.1) is 12.4 Å². The molecule has 1 aliphatic heterocycles. The number of hydrogen-bond acceptors (Lipinski definition) is 3. The molecule has 1 unspecified atom stereocenters. The summed E-state index contributed by atoms with van der Waals surface area (Å²) >= 11 is 0. The topological polar surface area (TPSA) is 32.7 Å². The highest BCUT2D eigenvalue weighted by Gasteiger charge is 2.33. The zero-order chi connectivity index (χ0) is 17.5. The van der Waals surface area contributed by atoms with E-state index < -0.39 is 5.60 Å². The second-order valence-electron chi connectivity index (χ2n) is 6.93. The van der Waals surface area contributed by atoms with E-state index in [9.17, 15) is 5.11 Å². The van der Waals surface area contributed by atoms with Gasteiger partial charge in [0.15, 0.2) is 0 Å². The number of nitrogens with zero attached hydrogens (tertiary/aromatic N) is 1. The Bertz CT molecular complexity index is 658. The van der Waals surface area contributed by atoms with Crippen LogP contribution in [0, 0.1) is 0 Å². The van der Waals surface area contributed by atoms with Gasteiger partial charge in [0.05, 0.1) is 7.11 Å². The maximum absolute atomic E-state index is 11.7. The predicted octanol–water partition coefficient (Wildman–Crippen LogP) is 4.62. The summed E-state index contributed by atoms with van der Waals surface area (Å²) in [6.07, 6.45) is 5.61. The minimum absolute atomic E-state index is 0. The Morgan fingerprint density at radius 2 is 1.62 bits per heavy atom. The number of hydrogen-bond donors (Lipinski definition) is 1. The summed E-state index contributed by atoms with van der Waals surface area (Å²) in [6, 6.07) is 17.8. The third kappa shape index (κ3) is 4.79. The third-order valence-corrected chi connectivity index (χ3v) is 5.27. The number of para-hydroxylation sites is 1. The fourth-order valence-electron chi connectivity index (χ4n) is 3.88. The van der Waals surface area contributed by atoms with Crippen LogP contribution in [-0.4, -0.2) is 36.8 Å². The molecule has 1 heterocycles. The van der Waals surface area contributed by atoms with Crippen LogP contribution in [0.5, 0.6) is 5.75 Å². The van der Waals surface area contributed by atoms with Crippen molar-refractivity contribution in [2.45, 2.75) is 37.7 Å². The molecule has 1 saturated heterocycles. The van der Waals surface area contributed by atoms with Crippen molar-refractivity contribution in [2.75, 3.05) is 26.7 Å².